The molecule has 0 spiro atoms. The van der Waals surface area contributed by atoms with Crippen molar-refractivity contribution < 1.29 is 13.2 Å². The van der Waals surface area contributed by atoms with Crippen molar-refractivity contribution in [3.8, 4) is 0 Å². The molecule has 1 rings (SSSR count). The fourth-order valence-corrected chi connectivity index (χ4v) is 1.30. The summed E-state index contributed by atoms with van der Waals surface area (Å²) in [7, 11) is 0. The SMILES string of the molecule is FC(F)(F)c1cc(Br)ccc1Cl.[MgH2]. The van der Waals surface area contributed by atoms with Gasteiger partial charge < -0.3 is 0 Å². The van der Waals surface area contributed by atoms with Gasteiger partial charge >= 0.3 is 29.2 Å². The quantitative estimate of drug-likeness (QED) is 0.642. The van der Waals surface area contributed by atoms with Crippen molar-refractivity contribution in [2.24, 2.45) is 0 Å². The predicted octanol–water partition coefficient (Wildman–Crippen LogP) is 3.21. The molecule has 1 aromatic rings. The van der Waals surface area contributed by atoms with Gasteiger partial charge in [0.2, 0.25) is 0 Å². The lowest BCUT2D eigenvalue weighted by molar-refractivity contribution is -0.137. The Morgan fingerprint density at radius 2 is 1.77 bits per heavy atom. The first kappa shape index (κ1) is 13.5. The summed E-state index contributed by atoms with van der Waals surface area (Å²) < 4.78 is 36.7. The van der Waals surface area contributed by atoms with Crippen LogP contribution in [0.3, 0.4) is 0 Å². The second-order valence-corrected chi connectivity index (χ2v) is 3.44. The van der Waals surface area contributed by atoms with Gasteiger partial charge in [0.05, 0.1) is 10.6 Å². The third-order valence-corrected chi connectivity index (χ3v) is 2.06. The van der Waals surface area contributed by atoms with E-state index in [0.29, 0.717) is 4.47 Å². The van der Waals surface area contributed by atoms with E-state index < -0.39 is 11.7 Å². The molecule has 6 heteroatoms. The van der Waals surface area contributed by atoms with E-state index in [1.54, 1.807) is 0 Å². The number of hydrogen-bond donors (Lipinski definition) is 0. The van der Waals surface area contributed by atoms with Crippen LogP contribution in [0.25, 0.3) is 0 Å². The van der Waals surface area contributed by atoms with Gasteiger partial charge in [-0.2, -0.15) is 13.2 Å². The van der Waals surface area contributed by atoms with Gasteiger partial charge in [-0.1, -0.05) is 27.5 Å². The largest absolute Gasteiger partial charge is 0.417 e. The van der Waals surface area contributed by atoms with Crippen LogP contribution in [-0.4, -0.2) is 23.1 Å². The zero-order valence-electron chi connectivity index (χ0n) is 5.62. The Labute approximate surface area is 103 Å². The van der Waals surface area contributed by atoms with E-state index in [0.717, 1.165) is 6.07 Å². The molecule has 0 radical (unpaired) electrons. The van der Waals surface area contributed by atoms with E-state index >= 15 is 0 Å². The van der Waals surface area contributed by atoms with Crippen LogP contribution in [0, 0.1) is 0 Å². The van der Waals surface area contributed by atoms with E-state index in [4.69, 9.17) is 11.6 Å². The van der Waals surface area contributed by atoms with Crippen LogP contribution in [0.4, 0.5) is 13.2 Å². The molecule has 0 aliphatic heterocycles. The fraction of sp³-hybridized carbons (Fsp3) is 0.143. The van der Waals surface area contributed by atoms with E-state index in [1.165, 1.54) is 12.1 Å². The average Bonchev–Trinajstić information content (AvgIpc) is 1.92. The van der Waals surface area contributed by atoms with Gasteiger partial charge in [-0.3, -0.25) is 0 Å². The molecular weight excluding hydrogens is 281 g/mol. The van der Waals surface area contributed by atoms with E-state index in [2.05, 4.69) is 15.9 Å². The molecule has 0 amide bonds. The average molecular weight is 286 g/mol. The lowest BCUT2D eigenvalue weighted by Gasteiger charge is -2.08. The maximum absolute atomic E-state index is 12.1. The summed E-state index contributed by atoms with van der Waals surface area (Å²) >= 11 is 8.27. The van der Waals surface area contributed by atoms with Crippen LogP contribution < -0.4 is 0 Å². The van der Waals surface area contributed by atoms with E-state index in [-0.39, 0.29) is 28.1 Å². The smallest absolute Gasteiger partial charge is 0.166 e. The molecule has 0 N–H and O–H groups in total. The highest BCUT2D eigenvalue weighted by Crippen LogP contribution is 2.35. The van der Waals surface area contributed by atoms with Crippen LogP contribution in [0.5, 0.6) is 0 Å². The second kappa shape index (κ2) is 4.86. The van der Waals surface area contributed by atoms with Crippen molar-refractivity contribution in [2.45, 2.75) is 6.18 Å². The second-order valence-electron chi connectivity index (χ2n) is 2.12. The molecule has 0 aliphatic rings. The van der Waals surface area contributed by atoms with Gasteiger partial charge in [-0.15, -0.1) is 0 Å². The Hall–Kier alpha value is 0.546. The number of hydrogen-bond acceptors (Lipinski definition) is 0. The van der Waals surface area contributed by atoms with Gasteiger partial charge in [0.1, 0.15) is 0 Å². The normalized spacial score (nSPS) is 10.8. The molecule has 0 fully saturated rings. The van der Waals surface area contributed by atoms with Crippen molar-refractivity contribution in [1.82, 2.24) is 0 Å². The van der Waals surface area contributed by atoms with Gasteiger partial charge in [-0.05, 0) is 18.2 Å². The number of benzene rings is 1. The fourth-order valence-electron chi connectivity index (χ4n) is 0.715. The summed E-state index contributed by atoms with van der Waals surface area (Å²) in [6.45, 7) is 0. The molecule has 0 unspecified atom stereocenters. The van der Waals surface area contributed by atoms with Crippen LogP contribution >= 0.6 is 27.5 Å². The summed E-state index contributed by atoms with van der Waals surface area (Å²) in [4.78, 5) is 0. The standard InChI is InChI=1S/C7H3BrClF3.Mg.2H/c8-4-1-2-6(9)5(3-4)7(10,11)12;;;/h1-3H;;;. The Bertz CT molecular complexity index is 300. The highest BCUT2D eigenvalue weighted by molar-refractivity contribution is 9.10. The molecule has 13 heavy (non-hydrogen) atoms. The predicted molar refractivity (Wildman–Crippen MR) is 52.7 cm³/mol. The molecule has 0 aliphatic carbocycles. The maximum atomic E-state index is 12.1. The van der Waals surface area contributed by atoms with Crippen molar-refractivity contribution >= 4 is 50.6 Å². The van der Waals surface area contributed by atoms with E-state index in [1.807, 2.05) is 0 Å². The third-order valence-electron chi connectivity index (χ3n) is 1.23. The molecule has 0 heterocycles. The zero-order chi connectivity index (χ0) is 9.35. The number of rotatable bonds is 0. The minimum atomic E-state index is -4.39. The van der Waals surface area contributed by atoms with Crippen LogP contribution in [0.1, 0.15) is 5.56 Å². The van der Waals surface area contributed by atoms with Gasteiger partial charge in [-0.25, -0.2) is 0 Å². The third kappa shape index (κ3) is 3.65. The lowest BCUT2D eigenvalue weighted by Crippen LogP contribution is -2.05. The van der Waals surface area contributed by atoms with Crippen LogP contribution in [0.15, 0.2) is 22.7 Å². The van der Waals surface area contributed by atoms with E-state index in [9.17, 15) is 13.2 Å². The first-order valence-corrected chi connectivity index (χ1v) is 4.10. The van der Waals surface area contributed by atoms with Crippen LogP contribution in [0.2, 0.25) is 5.02 Å². The Morgan fingerprint density at radius 3 is 2.15 bits per heavy atom. The topological polar surface area (TPSA) is 0 Å². The molecule has 0 nitrogen and oxygen atoms in total. The Balaban J connectivity index is 0.00000144. The molecular formula is C7H5BrClF3Mg. The monoisotopic (exact) mass is 284 g/mol. The lowest BCUT2D eigenvalue weighted by atomic mass is 10.2. The molecule has 0 atom stereocenters. The first-order chi connectivity index (χ1) is 5.41. The first-order valence-electron chi connectivity index (χ1n) is 2.93. The Morgan fingerprint density at radius 1 is 1.23 bits per heavy atom. The van der Waals surface area contributed by atoms with Crippen molar-refractivity contribution in [3.63, 3.8) is 0 Å². The Kier molecular flexibility index (Phi) is 5.07. The zero-order valence-corrected chi connectivity index (χ0v) is 7.96. The summed E-state index contributed by atoms with van der Waals surface area (Å²) in [6, 6.07) is 3.61. The highest BCUT2D eigenvalue weighted by atomic mass is 79.9. The van der Waals surface area contributed by atoms with Crippen molar-refractivity contribution in [1.29, 1.82) is 0 Å². The van der Waals surface area contributed by atoms with Gasteiger partial charge in [0.15, 0.2) is 0 Å². The van der Waals surface area contributed by atoms with Crippen LogP contribution in [-0.2, 0) is 6.18 Å². The highest BCUT2D eigenvalue weighted by Gasteiger charge is 2.33. The maximum Gasteiger partial charge on any atom is 0.417 e. The summed E-state index contributed by atoms with van der Waals surface area (Å²) in [6.07, 6.45) is -4.39. The minimum absolute atomic E-state index is 0. The van der Waals surface area contributed by atoms with Crippen molar-refractivity contribution in [2.75, 3.05) is 0 Å². The van der Waals surface area contributed by atoms with Gasteiger partial charge in [0.25, 0.3) is 0 Å². The minimum Gasteiger partial charge on any atom is -0.166 e. The molecule has 0 saturated heterocycles. The molecule has 0 aromatic heterocycles. The number of alkyl halides is 3. The molecule has 0 bridgehead atoms. The summed E-state index contributed by atoms with van der Waals surface area (Å²) in [5.41, 5.74) is -0.821. The summed E-state index contributed by atoms with van der Waals surface area (Å²) in [5, 5.41) is -0.286. The van der Waals surface area contributed by atoms with Crippen molar-refractivity contribution in [3.05, 3.63) is 33.3 Å². The molecule has 1 aromatic carbocycles. The number of halogens is 5. The molecule has 0 saturated carbocycles. The summed E-state index contributed by atoms with van der Waals surface area (Å²) in [5.74, 6) is 0. The van der Waals surface area contributed by atoms with Gasteiger partial charge in [0, 0.05) is 4.47 Å². The molecule has 70 valence electrons.